The number of pyridine rings is 1. The van der Waals surface area contributed by atoms with Gasteiger partial charge in [-0.2, -0.15) is 0 Å². The van der Waals surface area contributed by atoms with Crippen molar-refractivity contribution >= 4 is 38.6 Å². The molecule has 0 saturated carbocycles. The number of piperidine rings is 1. The van der Waals surface area contributed by atoms with Crippen molar-refractivity contribution in [3.05, 3.63) is 93.2 Å². The molecule has 5 rings (SSSR count). The Hall–Kier alpha value is -3.70. The molecule has 0 aliphatic carbocycles. The first kappa shape index (κ1) is 35.6. The topological polar surface area (TPSA) is 127 Å². The molecule has 1 atom stereocenters. The smallest absolute Gasteiger partial charge is 0.411 e. The van der Waals surface area contributed by atoms with Crippen LogP contribution in [0.4, 0.5) is 10.5 Å². The molecule has 3 aromatic carbocycles. The van der Waals surface area contributed by atoms with Gasteiger partial charge in [-0.25, -0.2) is 4.79 Å². The molecular weight excluding hydrogens is 672 g/mol. The van der Waals surface area contributed by atoms with Crippen LogP contribution in [0.3, 0.4) is 0 Å². The number of hydrogen-bond donors (Lipinski definition) is 5. The van der Waals surface area contributed by atoms with Crippen LogP contribution in [-0.4, -0.2) is 65.0 Å². The highest BCUT2D eigenvalue weighted by Crippen LogP contribution is 2.32. The van der Waals surface area contributed by atoms with Gasteiger partial charge in [-0.1, -0.05) is 84.4 Å². The highest BCUT2D eigenvalue weighted by Gasteiger charge is 2.22. The standard InChI is InChI=1S/C38H47BrN4O5/c39-28-13-16-33(32(25-28)27-11-7-6-8-12-27)41-38(47)48-29-19-23-43(24-20-29)22-10-5-3-1-2-4-9-21-40-26-35(45)30-14-17-34(44)37-31(30)15-18-36(46)42-37/h6-8,11-18,25,29,35,40,44-45H,1-5,9-10,19-24,26H2,(H,41,47)(H,42,46). The lowest BCUT2D eigenvalue weighted by atomic mass is 10.0. The number of hydrogen-bond acceptors (Lipinski definition) is 7. The number of unbranched alkanes of at least 4 members (excludes halogenated alkanes) is 6. The summed E-state index contributed by atoms with van der Waals surface area (Å²) in [5.74, 6) is -0.00370. The van der Waals surface area contributed by atoms with Gasteiger partial charge in [-0.3, -0.25) is 10.1 Å². The molecule has 1 fully saturated rings. The van der Waals surface area contributed by atoms with E-state index in [1.54, 1.807) is 12.1 Å². The summed E-state index contributed by atoms with van der Waals surface area (Å²) < 4.78 is 6.75. The second kappa shape index (κ2) is 18.2. The number of aliphatic hydroxyl groups excluding tert-OH is 1. The van der Waals surface area contributed by atoms with Gasteiger partial charge in [0.2, 0.25) is 5.56 Å². The Bertz CT molecular complexity index is 1670. The minimum Gasteiger partial charge on any atom is -0.506 e. The number of phenols is 1. The second-order valence-electron chi connectivity index (χ2n) is 12.6. The number of aromatic hydroxyl groups is 1. The number of nitrogens with one attached hydrogen (secondary N) is 3. The molecule has 4 aromatic rings. The van der Waals surface area contributed by atoms with Gasteiger partial charge in [0, 0.05) is 41.1 Å². The third kappa shape index (κ3) is 10.4. The van der Waals surface area contributed by atoms with Gasteiger partial charge < -0.3 is 30.2 Å². The monoisotopic (exact) mass is 718 g/mol. The van der Waals surface area contributed by atoms with Crippen LogP contribution in [0.25, 0.3) is 22.0 Å². The lowest BCUT2D eigenvalue weighted by Crippen LogP contribution is -2.38. The van der Waals surface area contributed by atoms with Crippen LogP contribution in [-0.2, 0) is 4.74 Å². The second-order valence-corrected chi connectivity index (χ2v) is 13.5. The Balaban J connectivity index is 0.883. The van der Waals surface area contributed by atoms with Crippen molar-refractivity contribution < 1.29 is 19.7 Å². The fraction of sp³-hybridized carbons (Fsp3) is 0.421. The Morgan fingerprint density at radius 1 is 0.938 bits per heavy atom. The maximum atomic E-state index is 12.8. The van der Waals surface area contributed by atoms with Crippen LogP contribution in [0.15, 0.2) is 82.1 Å². The SMILES string of the molecule is O=C(Nc1ccc(Br)cc1-c1ccccc1)OC1CCN(CCCCCCCCCNCC(O)c2ccc(O)c3[nH]c(=O)ccc23)CC1. The summed E-state index contributed by atoms with van der Waals surface area (Å²) in [6, 6.07) is 22.1. The van der Waals surface area contributed by atoms with Crippen molar-refractivity contribution in [2.24, 2.45) is 0 Å². The summed E-state index contributed by atoms with van der Waals surface area (Å²) in [5, 5.41) is 27.7. The largest absolute Gasteiger partial charge is 0.506 e. The fourth-order valence-corrected chi connectivity index (χ4v) is 6.75. The molecule has 48 heavy (non-hydrogen) atoms. The average Bonchev–Trinajstić information content (AvgIpc) is 3.09. The van der Waals surface area contributed by atoms with Crippen LogP contribution >= 0.6 is 15.9 Å². The van der Waals surface area contributed by atoms with Gasteiger partial charge in [-0.05, 0) is 80.2 Å². The minimum atomic E-state index is -0.729. The van der Waals surface area contributed by atoms with Crippen LogP contribution < -0.4 is 16.2 Å². The molecular formula is C38H47BrN4O5. The Morgan fingerprint density at radius 2 is 1.67 bits per heavy atom. The number of nitrogens with zero attached hydrogens (tertiary/aromatic N) is 1. The molecule has 256 valence electrons. The van der Waals surface area contributed by atoms with Crippen LogP contribution in [0, 0.1) is 0 Å². The molecule has 1 aliphatic heterocycles. The third-order valence-electron chi connectivity index (χ3n) is 9.04. The summed E-state index contributed by atoms with van der Waals surface area (Å²) in [4.78, 5) is 29.5. The Labute approximate surface area is 290 Å². The van der Waals surface area contributed by atoms with Gasteiger partial charge >= 0.3 is 6.09 Å². The van der Waals surface area contributed by atoms with E-state index in [4.69, 9.17) is 4.74 Å². The van der Waals surface area contributed by atoms with Gasteiger partial charge in [0.1, 0.15) is 11.9 Å². The highest BCUT2D eigenvalue weighted by atomic mass is 79.9. The normalized spacial score (nSPS) is 14.6. The van der Waals surface area contributed by atoms with Crippen molar-refractivity contribution in [2.45, 2.75) is 70.0 Å². The van der Waals surface area contributed by atoms with E-state index in [-0.39, 0.29) is 17.4 Å². The summed E-state index contributed by atoms with van der Waals surface area (Å²) in [5.41, 5.74) is 3.47. The van der Waals surface area contributed by atoms with Crippen LogP contribution in [0.5, 0.6) is 5.75 Å². The molecule has 1 amide bonds. The molecule has 1 unspecified atom stereocenters. The highest BCUT2D eigenvalue weighted by molar-refractivity contribution is 9.10. The minimum absolute atomic E-state index is 0.00370. The molecule has 1 aromatic heterocycles. The van der Waals surface area contributed by atoms with E-state index >= 15 is 0 Å². The Morgan fingerprint density at radius 3 is 2.44 bits per heavy atom. The van der Waals surface area contributed by atoms with Crippen molar-refractivity contribution in [3.8, 4) is 16.9 Å². The zero-order chi connectivity index (χ0) is 33.7. The van der Waals surface area contributed by atoms with E-state index in [9.17, 15) is 19.8 Å². The quantitative estimate of drug-likeness (QED) is 0.0751. The fourth-order valence-electron chi connectivity index (χ4n) is 6.39. The number of likely N-dealkylation sites (tertiary alicyclic amines) is 1. The van der Waals surface area contributed by atoms with E-state index in [2.05, 4.69) is 36.4 Å². The number of aromatic nitrogens is 1. The number of benzene rings is 3. The molecule has 1 saturated heterocycles. The number of phenolic OH excluding ortho intramolecular Hbond substituents is 1. The van der Waals surface area contributed by atoms with Crippen molar-refractivity contribution in [1.29, 1.82) is 0 Å². The molecule has 0 radical (unpaired) electrons. The molecule has 9 nitrogen and oxygen atoms in total. The lowest BCUT2D eigenvalue weighted by molar-refractivity contribution is 0.0584. The number of anilines is 1. The zero-order valence-corrected chi connectivity index (χ0v) is 29.0. The molecule has 0 bridgehead atoms. The van der Waals surface area contributed by atoms with Crippen molar-refractivity contribution in [1.82, 2.24) is 15.2 Å². The van der Waals surface area contributed by atoms with Crippen molar-refractivity contribution in [2.75, 3.05) is 38.0 Å². The first-order valence-corrected chi connectivity index (χ1v) is 18.0. The third-order valence-corrected chi connectivity index (χ3v) is 9.54. The molecule has 1 aliphatic rings. The maximum absolute atomic E-state index is 12.8. The zero-order valence-electron chi connectivity index (χ0n) is 27.4. The predicted molar refractivity (Wildman–Crippen MR) is 196 cm³/mol. The molecule has 5 N–H and O–H groups in total. The van der Waals surface area contributed by atoms with E-state index < -0.39 is 12.2 Å². The molecule has 0 spiro atoms. The maximum Gasteiger partial charge on any atom is 0.411 e. The van der Waals surface area contributed by atoms with E-state index in [1.165, 1.54) is 44.2 Å². The van der Waals surface area contributed by atoms with Gasteiger partial charge in [0.15, 0.2) is 0 Å². The van der Waals surface area contributed by atoms with Crippen LogP contribution in [0.2, 0.25) is 0 Å². The summed E-state index contributed by atoms with van der Waals surface area (Å²) in [6.45, 7) is 4.25. The number of aliphatic hydroxyl groups is 1. The summed E-state index contributed by atoms with van der Waals surface area (Å²) in [7, 11) is 0. The number of fused-ring (bicyclic) bond motifs is 1. The van der Waals surface area contributed by atoms with E-state index in [0.29, 0.717) is 23.0 Å². The average molecular weight is 720 g/mol. The Kier molecular flexibility index (Phi) is 13.5. The van der Waals surface area contributed by atoms with E-state index in [1.807, 2.05) is 48.5 Å². The molecule has 2 heterocycles. The van der Waals surface area contributed by atoms with Crippen molar-refractivity contribution in [3.63, 3.8) is 0 Å². The van der Waals surface area contributed by atoms with Gasteiger partial charge in [-0.15, -0.1) is 0 Å². The molecule has 10 heteroatoms. The van der Waals surface area contributed by atoms with Gasteiger partial charge in [0.05, 0.1) is 17.3 Å². The van der Waals surface area contributed by atoms with Crippen LogP contribution in [0.1, 0.15) is 69.5 Å². The summed E-state index contributed by atoms with van der Waals surface area (Å²) in [6.07, 6.45) is 8.84. The number of carbonyl (C=O) groups is 1. The number of ether oxygens (including phenoxy) is 1. The number of rotatable bonds is 16. The first-order chi connectivity index (χ1) is 23.4. The van der Waals surface area contributed by atoms with E-state index in [0.717, 1.165) is 73.1 Å². The lowest BCUT2D eigenvalue weighted by Gasteiger charge is -2.31. The number of halogens is 1. The number of aromatic amines is 1. The van der Waals surface area contributed by atoms with Gasteiger partial charge in [0.25, 0.3) is 0 Å². The predicted octanol–water partition coefficient (Wildman–Crippen LogP) is 7.73. The number of amides is 1. The number of H-pyrrole nitrogens is 1. The number of carbonyl (C=O) groups excluding carboxylic acids is 1. The summed E-state index contributed by atoms with van der Waals surface area (Å²) >= 11 is 3.54. The first-order valence-electron chi connectivity index (χ1n) is 17.2.